The first-order chi connectivity index (χ1) is 14.3. The molecule has 0 heterocycles. The van der Waals surface area contributed by atoms with Crippen molar-refractivity contribution in [3.63, 3.8) is 0 Å². The van der Waals surface area contributed by atoms with Crippen molar-refractivity contribution in [1.29, 1.82) is 0 Å². The topological polar surface area (TPSA) is 77.8 Å². The zero-order valence-electron chi connectivity index (χ0n) is 21.2. The highest BCUT2D eigenvalue weighted by Crippen LogP contribution is 2.64. The first kappa shape index (κ1) is 26.6. The van der Waals surface area contributed by atoms with Crippen molar-refractivity contribution in [2.24, 2.45) is 46.3 Å². The van der Waals surface area contributed by atoms with Gasteiger partial charge in [0.1, 0.15) is 0 Å². The average molecular weight is 439 g/mol. The predicted molar refractivity (Wildman–Crippen MR) is 127 cm³/mol. The summed E-state index contributed by atoms with van der Waals surface area (Å²) in [5, 5.41) is 30.8. The van der Waals surface area contributed by atoms with Crippen LogP contribution in [0.25, 0.3) is 0 Å². The van der Waals surface area contributed by atoms with E-state index in [1.165, 1.54) is 6.42 Å². The van der Waals surface area contributed by atoms with Crippen molar-refractivity contribution in [3.05, 3.63) is 0 Å². The number of hydrogen-bond donors (Lipinski definition) is 3. The number of fused-ring (bicyclic) bond motifs is 1. The molecule has 0 aromatic carbocycles. The Morgan fingerprint density at radius 2 is 1.74 bits per heavy atom. The summed E-state index contributed by atoms with van der Waals surface area (Å²) < 4.78 is 0. The minimum Gasteiger partial charge on any atom is -0.481 e. The minimum absolute atomic E-state index is 0.0883. The Balaban J connectivity index is 2.28. The van der Waals surface area contributed by atoms with E-state index in [2.05, 4.69) is 41.5 Å². The second-order valence-electron chi connectivity index (χ2n) is 12.3. The van der Waals surface area contributed by atoms with Crippen LogP contribution in [0.15, 0.2) is 0 Å². The smallest absolute Gasteiger partial charge is 0.303 e. The molecule has 0 amide bonds. The Kier molecular flexibility index (Phi) is 9.06. The van der Waals surface area contributed by atoms with Crippen molar-refractivity contribution >= 4 is 5.97 Å². The Bertz CT molecular complexity index is 586. The summed E-state index contributed by atoms with van der Waals surface area (Å²) in [6.45, 7) is 15.7. The number of aliphatic hydroxyl groups excluding tert-OH is 2. The molecule has 2 saturated carbocycles. The molecule has 2 rings (SSSR count). The summed E-state index contributed by atoms with van der Waals surface area (Å²) in [7, 11) is 0. The molecule has 2 aliphatic rings. The number of aliphatic carboxylic acids is 1. The second kappa shape index (κ2) is 10.5. The maximum Gasteiger partial charge on any atom is 0.303 e. The molecule has 3 unspecified atom stereocenters. The van der Waals surface area contributed by atoms with Crippen LogP contribution >= 0.6 is 0 Å². The van der Waals surface area contributed by atoms with Crippen molar-refractivity contribution in [3.8, 4) is 0 Å². The van der Waals surface area contributed by atoms with Gasteiger partial charge < -0.3 is 15.3 Å². The van der Waals surface area contributed by atoms with Gasteiger partial charge in [0.2, 0.25) is 0 Å². The van der Waals surface area contributed by atoms with E-state index in [0.717, 1.165) is 44.9 Å². The van der Waals surface area contributed by atoms with Crippen LogP contribution in [0.5, 0.6) is 0 Å². The molecule has 0 aliphatic heterocycles. The van der Waals surface area contributed by atoms with Gasteiger partial charge in [0.15, 0.2) is 0 Å². The average Bonchev–Trinajstić information content (AvgIpc) is 3.05. The molecule has 0 aromatic rings. The molecule has 4 nitrogen and oxygen atoms in total. The molecule has 4 heteroatoms. The molecule has 0 spiro atoms. The van der Waals surface area contributed by atoms with Gasteiger partial charge in [-0.1, -0.05) is 48.5 Å². The van der Waals surface area contributed by atoms with E-state index in [0.29, 0.717) is 23.7 Å². The van der Waals surface area contributed by atoms with Crippen LogP contribution in [0.1, 0.15) is 106 Å². The summed E-state index contributed by atoms with van der Waals surface area (Å²) in [5.74, 6) is 1.73. The van der Waals surface area contributed by atoms with Crippen molar-refractivity contribution in [2.75, 3.05) is 0 Å². The molecule has 0 bridgehead atoms. The van der Waals surface area contributed by atoms with E-state index in [-0.39, 0.29) is 41.3 Å². The predicted octanol–water partition coefficient (Wildman–Crippen LogP) is 6.14. The van der Waals surface area contributed by atoms with E-state index in [4.69, 9.17) is 5.11 Å². The lowest BCUT2D eigenvalue weighted by Crippen LogP contribution is -2.52. The van der Waals surface area contributed by atoms with Gasteiger partial charge in [0.05, 0.1) is 12.2 Å². The fourth-order valence-corrected chi connectivity index (χ4v) is 7.48. The molecular weight excluding hydrogens is 388 g/mol. The lowest BCUT2D eigenvalue weighted by Gasteiger charge is -2.55. The highest BCUT2D eigenvalue weighted by atomic mass is 16.4. The largest absolute Gasteiger partial charge is 0.481 e. The molecule has 0 aromatic heterocycles. The van der Waals surface area contributed by atoms with Crippen LogP contribution in [0, 0.1) is 46.3 Å². The maximum atomic E-state index is 11.4. The number of carboxylic acids is 1. The first-order valence-corrected chi connectivity index (χ1v) is 12.9. The molecule has 2 fully saturated rings. The van der Waals surface area contributed by atoms with Crippen LogP contribution in [-0.2, 0) is 4.79 Å². The van der Waals surface area contributed by atoms with E-state index in [9.17, 15) is 15.0 Å². The third-order valence-electron chi connectivity index (χ3n) is 9.58. The monoisotopic (exact) mass is 438 g/mol. The highest BCUT2D eigenvalue weighted by Gasteiger charge is 2.58. The molecule has 31 heavy (non-hydrogen) atoms. The fraction of sp³-hybridized carbons (Fsp3) is 0.963. The number of carbonyl (C=O) groups is 1. The molecule has 182 valence electrons. The van der Waals surface area contributed by atoms with Crippen LogP contribution in [0.4, 0.5) is 0 Å². The zero-order valence-corrected chi connectivity index (χ0v) is 21.2. The first-order valence-electron chi connectivity index (χ1n) is 12.9. The van der Waals surface area contributed by atoms with Crippen LogP contribution in [-0.4, -0.2) is 33.5 Å². The van der Waals surface area contributed by atoms with Gasteiger partial charge in [-0.25, -0.2) is 0 Å². The number of rotatable bonds is 11. The normalized spacial score (nSPS) is 34.4. The minimum atomic E-state index is -0.695. The standard InChI is InChI=1S/C27H50O4/c1-8-19(28)13-15-26(5,6)21-14-16-27(7)20(18(4)9-12-23(29)30)10-11-22(27)24(21)25(31)17(2)3/h17-22,24-25,28,31H,8-16H2,1-7H3,(H,29,30)/t18-,19+,20-,21?,22?,24?,25-,27-/m1/s1. The van der Waals surface area contributed by atoms with E-state index < -0.39 is 5.97 Å². The number of aliphatic hydroxyl groups is 2. The third-order valence-corrected chi connectivity index (χ3v) is 9.58. The molecule has 2 aliphatic carbocycles. The van der Waals surface area contributed by atoms with Crippen molar-refractivity contribution in [1.82, 2.24) is 0 Å². The fourth-order valence-electron chi connectivity index (χ4n) is 7.48. The quantitative estimate of drug-likeness (QED) is 0.362. The van der Waals surface area contributed by atoms with Crippen molar-refractivity contribution < 1.29 is 20.1 Å². The Morgan fingerprint density at radius 1 is 1.10 bits per heavy atom. The van der Waals surface area contributed by atoms with Gasteiger partial charge in [0.25, 0.3) is 0 Å². The second-order valence-corrected chi connectivity index (χ2v) is 12.3. The van der Waals surface area contributed by atoms with E-state index in [1.54, 1.807) is 0 Å². The van der Waals surface area contributed by atoms with E-state index >= 15 is 0 Å². The van der Waals surface area contributed by atoms with Crippen molar-refractivity contribution in [2.45, 2.75) is 118 Å². The zero-order chi connectivity index (χ0) is 23.6. The maximum absolute atomic E-state index is 11.4. The number of hydrogen-bond acceptors (Lipinski definition) is 3. The summed E-state index contributed by atoms with van der Waals surface area (Å²) in [6.07, 6.45) is 7.71. The van der Waals surface area contributed by atoms with Gasteiger partial charge in [0, 0.05) is 6.42 Å². The highest BCUT2D eigenvalue weighted by molar-refractivity contribution is 5.66. The Labute approximate surface area is 191 Å². The SMILES string of the molecule is CC[C@H](O)CCC(C)(C)C1CC[C@@]2(C)C(CC[C@@H]2[C@H](C)CCC(=O)O)C1[C@H](O)C(C)C. The Morgan fingerprint density at radius 3 is 2.29 bits per heavy atom. The van der Waals surface area contributed by atoms with Gasteiger partial charge in [-0.3, -0.25) is 4.79 Å². The third kappa shape index (κ3) is 5.85. The lowest BCUT2D eigenvalue weighted by molar-refractivity contribution is -0.137. The molecule has 0 saturated heterocycles. The van der Waals surface area contributed by atoms with Gasteiger partial charge in [-0.05, 0) is 97.7 Å². The Hall–Kier alpha value is -0.610. The molecule has 3 N–H and O–H groups in total. The molecule has 8 atom stereocenters. The molecular formula is C27H50O4. The van der Waals surface area contributed by atoms with E-state index in [1.807, 2.05) is 6.92 Å². The summed E-state index contributed by atoms with van der Waals surface area (Å²) in [5.41, 5.74) is 0.277. The van der Waals surface area contributed by atoms with Crippen LogP contribution in [0.3, 0.4) is 0 Å². The van der Waals surface area contributed by atoms with Gasteiger partial charge in [-0.2, -0.15) is 0 Å². The lowest BCUT2D eigenvalue weighted by atomic mass is 9.50. The number of carboxylic acid groups (broad SMARTS) is 1. The summed E-state index contributed by atoms with van der Waals surface area (Å²) in [6, 6.07) is 0. The van der Waals surface area contributed by atoms with Crippen LogP contribution in [0.2, 0.25) is 0 Å². The van der Waals surface area contributed by atoms with Gasteiger partial charge in [-0.15, -0.1) is 0 Å². The summed E-state index contributed by atoms with van der Waals surface area (Å²) >= 11 is 0. The summed E-state index contributed by atoms with van der Waals surface area (Å²) in [4.78, 5) is 11.1. The molecule has 0 radical (unpaired) electrons. The van der Waals surface area contributed by atoms with Crippen LogP contribution < -0.4 is 0 Å². The van der Waals surface area contributed by atoms with Gasteiger partial charge >= 0.3 is 5.97 Å².